The van der Waals surface area contributed by atoms with Gasteiger partial charge in [0.05, 0.1) is 18.0 Å². The summed E-state index contributed by atoms with van der Waals surface area (Å²) in [6, 6.07) is 14.2. The molecule has 1 aromatic carbocycles. The van der Waals surface area contributed by atoms with Gasteiger partial charge in [-0.3, -0.25) is 0 Å². The van der Waals surface area contributed by atoms with Crippen molar-refractivity contribution in [2.24, 2.45) is 5.73 Å². The molecule has 0 aliphatic carbocycles. The lowest BCUT2D eigenvalue weighted by Gasteiger charge is -2.10. The van der Waals surface area contributed by atoms with Crippen LogP contribution in [0.15, 0.2) is 42.5 Å². The molecule has 0 saturated carbocycles. The van der Waals surface area contributed by atoms with Gasteiger partial charge in [-0.15, -0.1) is 0 Å². The Morgan fingerprint density at radius 2 is 1.95 bits per heavy atom. The Kier molecular flexibility index (Phi) is 4.11. The maximum Gasteiger partial charge on any atom is 0.137 e. The van der Waals surface area contributed by atoms with E-state index in [0.29, 0.717) is 13.2 Å². The Balaban J connectivity index is 2.27. The monoisotopic (exact) mass is 295 g/mol. The fourth-order valence-electron chi connectivity index (χ4n) is 2.85. The van der Waals surface area contributed by atoms with Gasteiger partial charge < -0.3 is 14.9 Å². The van der Waals surface area contributed by atoms with Crippen LogP contribution in [0.4, 0.5) is 0 Å². The molecule has 22 heavy (non-hydrogen) atoms. The van der Waals surface area contributed by atoms with E-state index in [-0.39, 0.29) is 0 Å². The predicted octanol–water partition coefficient (Wildman–Crippen LogP) is 3.21. The van der Waals surface area contributed by atoms with Crippen molar-refractivity contribution in [2.45, 2.75) is 20.3 Å². The highest BCUT2D eigenvalue weighted by Gasteiger charge is 2.17. The van der Waals surface area contributed by atoms with E-state index in [1.165, 1.54) is 0 Å². The van der Waals surface area contributed by atoms with Gasteiger partial charge in [0.15, 0.2) is 0 Å². The van der Waals surface area contributed by atoms with Crippen molar-refractivity contribution in [1.29, 1.82) is 0 Å². The highest BCUT2D eigenvalue weighted by molar-refractivity contribution is 5.72. The van der Waals surface area contributed by atoms with Gasteiger partial charge in [-0.2, -0.15) is 0 Å². The van der Waals surface area contributed by atoms with Gasteiger partial charge >= 0.3 is 0 Å². The van der Waals surface area contributed by atoms with Crippen molar-refractivity contribution in [3.63, 3.8) is 0 Å². The second-order valence-corrected chi connectivity index (χ2v) is 5.24. The first-order valence-electron chi connectivity index (χ1n) is 7.65. The van der Waals surface area contributed by atoms with Gasteiger partial charge in [0.25, 0.3) is 0 Å². The molecule has 0 unspecified atom stereocenters. The van der Waals surface area contributed by atoms with Crippen LogP contribution in [0.1, 0.15) is 18.3 Å². The smallest absolute Gasteiger partial charge is 0.137 e. The highest BCUT2D eigenvalue weighted by Crippen LogP contribution is 2.33. The molecule has 0 saturated heterocycles. The zero-order valence-electron chi connectivity index (χ0n) is 13.0. The number of nitrogens with zero attached hydrogens (tertiary/aromatic N) is 2. The van der Waals surface area contributed by atoms with Gasteiger partial charge in [-0.05, 0) is 44.7 Å². The molecular formula is C18H21N3O. The Hall–Kier alpha value is -2.33. The van der Waals surface area contributed by atoms with Crippen molar-refractivity contribution in [3.8, 4) is 17.0 Å². The third kappa shape index (κ3) is 2.46. The van der Waals surface area contributed by atoms with Gasteiger partial charge in [0, 0.05) is 17.7 Å². The largest absolute Gasteiger partial charge is 0.493 e. The Labute approximate surface area is 130 Å². The molecule has 3 aromatic rings. The maximum absolute atomic E-state index is 5.83. The first-order valence-corrected chi connectivity index (χ1v) is 7.65. The summed E-state index contributed by atoms with van der Waals surface area (Å²) >= 11 is 0. The summed E-state index contributed by atoms with van der Waals surface area (Å²) in [5.74, 6) is 0.865. The number of rotatable bonds is 5. The van der Waals surface area contributed by atoms with Crippen LogP contribution < -0.4 is 10.5 Å². The van der Waals surface area contributed by atoms with Gasteiger partial charge in [-0.25, -0.2) is 4.98 Å². The minimum atomic E-state index is 0.589. The number of aromatic nitrogens is 2. The molecule has 0 bridgehead atoms. The molecule has 2 N–H and O–H groups in total. The molecule has 0 aliphatic rings. The summed E-state index contributed by atoms with van der Waals surface area (Å²) in [7, 11) is 0. The SMILES string of the molecule is CCOc1ccccc1-c1nc2cccc(C)n2c1CCN. The number of aryl methyl sites for hydroxylation is 1. The van der Waals surface area contributed by atoms with E-state index in [2.05, 4.69) is 23.5 Å². The van der Waals surface area contributed by atoms with E-state index in [4.69, 9.17) is 15.5 Å². The van der Waals surface area contributed by atoms with E-state index in [1.807, 2.05) is 37.3 Å². The number of pyridine rings is 1. The maximum atomic E-state index is 5.83. The quantitative estimate of drug-likeness (QED) is 0.786. The molecule has 114 valence electrons. The van der Waals surface area contributed by atoms with E-state index < -0.39 is 0 Å². The normalized spacial score (nSPS) is 11.0. The lowest BCUT2D eigenvalue weighted by Crippen LogP contribution is -2.07. The summed E-state index contributed by atoms with van der Waals surface area (Å²) < 4.78 is 7.96. The molecule has 0 aliphatic heterocycles. The topological polar surface area (TPSA) is 52.5 Å². The summed E-state index contributed by atoms with van der Waals surface area (Å²) in [5, 5.41) is 0. The minimum Gasteiger partial charge on any atom is -0.493 e. The number of benzene rings is 1. The standard InChI is InChI=1S/C18H21N3O/c1-3-22-16-9-5-4-8-14(16)18-15(11-12-19)21-13(2)7-6-10-17(21)20-18/h4-10H,3,11-12,19H2,1-2H3. The molecule has 4 heteroatoms. The molecule has 2 aromatic heterocycles. The Morgan fingerprint density at radius 3 is 2.73 bits per heavy atom. The molecule has 0 atom stereocenters. The predicted molar refractivity (Wildman–Crippen MR) is 89.3 cm³/mol. The first-order chi connectivity index (χ1) is 10.8. The Bertz CT molecular complexity index is 792. The molecule has 2 heterocycles. The summed E-state index contributed by atoms with van der Waals surface area (Å²) in [6.07, 6.45) is 0.780. The van der Waals surface area contributed by atoms with E-state index in [1.54, 1.807) is 0 Å². The second-order valence-electron chi connectivity index (χ2n) is 5.24. The number of nitrogens with two attached hydrogens (primary N) is 1. The van der Waals surface area contributed by atoms with E-state index in [9.17, 15) is 0 Å². The lowest BCUT2D eigenvalue weighted by atomic mass is 10.1. The van der Waals surface area contributed by atoms with Crippen LogP contribution in [0, 0.1) is 6.92 Å². The number of ether oxygens (including phenoxy) is 1. The third-order valence-corrected chi connectivity index (χ3v) is 3.76. The van der Waals surface area contributed by atoms with E-state index >= 15 is 0 Å². The van der Waals surface area contributed by atoms with E-state index in [0.717, 1.165) is 40.5 Å². The third-order valence-electron chi connectivity index (χ3n) is 3.76. The van der Waals surface area contributed by atoms with Crippen LogP contribution in [0.25, 0.3) is 16.9 Å². The van der Waals surface area contributed by atoms with Crippen molar-refractivity contribution in [1.82, 2.24) is 9.38 Å². The fourth-order valence-corrected chi connectivity index (χ4v) is 2.85. The molecule has 0 radical (unpaired) electrons. The van der Waals surface area contributed by atoms with Gasteiger partial charge in [0.2, 0.25) is 0 Å². The zero-order chi connectivity index (χ0) is 15.5. The van der Waals surface area contributed by atoms with Crippen molar-refractivity contribution in [2.75, 3.05) is 13.2 Å². The van der Waals surface area contributed by atoms with Crippen LogP contribution in [0.2, 0.25) is 0 Å². The Morgan fingerprint density at radius 1 is 1.14 bits per heavy atom. The van der Waals surface area contributed by atoms with Gasteiger partial charge in [0.1, 0.15) is 11.4 Å². The fraction of sp³-hybridized carbons (Fsp3) is 0.278. The molecule has 3 rings (SSSR count). The zero-order valence-corrected chi connectivity index (χ0v) is 13.0. The van der Waals surface area contributed by atoms with Crippen LogP contribution in [0.5, 0.6) is 5.75 Å². The minimum absolute atomic E-state index is 0.589. The molecule has 0 fully saturated rings. The first kappa shape index (κ1) is 14.6. The van der Waals surface area contributed by atoms with Crippen molar-refractivity contribution < 1.29 is 4.74 Å². The van der Waals surface area contributed by atoms with Crippen molar-refractivity contribution >= 4 is 5.65 Å². The number of hydrogen-bond donors (Lipinski definition) is 1. The number of fused-ring (bicyclic) bond motifs is 1. The molecule has 0 spiro atoms. The van der Waals surface area contributed by atoms with Crippen LogP contribution in [0.3, 0.4) is 0 Å². The second kappa shape index (κ2) is 6.20. The van der Waals surface area contributed by atoms with Crippen LogP contribution in [-0.4, -0.2) is 22.5 Å². The molecule has 0 amide bonds. The molecular weight excluding hydrogens is 274 g/mol. The van der Waals surface area contributed by atoms with Crippen molar-refractivity contribution in [3.05, 3.63) is 53.9 Å². The van der Waals surface area contributed by atoms with Crippen LogP contribution >= 0.6 is 0 Å². The van der Waals surface area contributed by atoms with Crippen LogP contribution in [-0.2, 0) is 6.42 Å². The average molecular weight is 295 g/mol. The summed E-state index contributed by atoms with van der Waals surface area (Å²) in [6.45, 7) is 5.31. The summed E-state index contributed by atoms with van der Waals surface area (Å²) in [4.78, 5) is 4.83. The van der Waals surface area contributed by atoms with Gasteiger partial charge in [-0.1, -0.05) is 18.2 Å². The number of para-hydroxylation sites is 1. The number of imidazole rings is 1. The summed E-state index contributed by atoms with van der Waals surface area (Å²) in [5.41, 5.74) is 11.1. The lowest BCUT2D eigenvalue weighted by molar-refractivity contribution is 0.341. The highest BCUT2D eigenvalue weighted by atomic mass is 16.5. The average Bonchev–Trinajstić information content (AvgIpc) is 2.89. The number of hydrogen-bond acceptors (Lipinski definition) is 3. The molecule has 4 nitrogen and oxygen atoms in total.